The molecule has 26 heavy (non-hydrogen) atoms. The second kappa shape index (κ2) is 11.5. The van der Waals surface area contributed by atoms with E-state index in [0.717, 1.165) is 24.9 Å². The predicted molar refractivity (Wildman–Crippen MR) is 107 cm³/mol. The number of unbranched alkanes of at least 4 members (excludes halogenated alkanes) is 2. The normalized spacial score (nSPS) is 10.7. The van der Waals surface area contributed by atoms with Gasteiger partial charge >= 0.3 is 0 Å². The number of hydrogen-bond acceptors (Lipinski definition) is 4. The van der Waals surface area contributed by atoms with Gasteiger partial charge < -0.3 is 21.7 Å². The Morgan fingerprint density at radius 3 is 2.42 bits per heavy atom. The molecular formula is C20H28N4O2. The van der Waals surface area contributed by atoms with Crippen LogP contribution in [0.2, 0.25) is 0 Å². The lowest BCUT2D eigenvalue weighted by molar-refractivity contribution is -0.120. The number of hydrogen-bond donors (Lipinski definition) is 4. The first kappa shape index (κ1) is 21.0. The van der Waals surface area contributed by atoms with Gasteiger partial charge in [0.2, 0.25) is 5.91 Å². The van der Waals surface area contributed by atoms with Crippen LogP contribution in [0.25, 0.3) is 0 Å². The van der Waals surface area contributed by atoms with Crippen molar-refractivity contribution in [2.45, 2.75) is 25.7 Å². The van der Waals surface area contributed by atoms with E-state index in [1.54, 1.807) is 24.3 Å². The minimum atomic E-state index is -0.113. The van der Waals surface area contributed by atoms with E-state index in [9.17, 15) is 9.59 Å². The quantitative estimate of drug-likeness (QED) is 0.362. The first-order valence-corrected chi connectivity index (χ1v) is 8.61. The van der Waals surface area contributed by atoms with Gasteiger partial charge in [0, 0.05) is 37.0 Å². The van der Waals surface area contributed by atoms with E-state index < -0.39 is 0 Å². The van der Waals surface area contributed by atoms with E-state index in [-0.39, 0.29) is 11.8 Å². The summed E-state index contributed by atoms with van der Waals surface area (Å²) in [5.74, 6) is -0.204. The highest BCUT2D eigenvalue weighted by Gasteiger charge is 2.06. The zero-order valence-electron chi connectivity index (χ0n) is 15.3. The second-order valence-electron chi connectivity index (χ2n) is 5.78. The smallest absolute Gasteiger partial charge is 0.251 e. The fraction of sp³-hybridized carbons (Fsp3) is 0.300. The lowest BCUT2D eigenvalue weighted by Crippen LogP contribution is -2.26. The summed E-state index contributed by atoms with van der Waals surface area (Å²) < 4.78 is 0. The van der Waals surface area contributed by atoms with Crippen molar-refractivity contribution < 1.29 is 9.59 Å². The Hall–Kier alpha value is -3.02. The van der Waals surface area contributed by atoms with Crippen molar-refractivity contribution in [2.24, 2.45) is 5.73 Å². The van der Waals surface area contributed by atoms with Crippen LogP contribution in [0.15, 0.2) is 61.0 Å². The van der Waals surface area contributed by atoms with E-state index in [4.69, 9.17) is 5.73 Å². The van der Waals surface area contributed by atoms with E-state index in [1.807, 2.05) is 19.2 Å². The summed E-state index contributed by atoms with van der Waals surface area (Å²) in [6, 6.07) is 7.29. The highest BCUT2D eigenvalue weighted by molar-refractivity contribution is 5.94. The van der Waals surface area contributed by atoms with Crippen molar-refractivity contribution in [3.63, 3.8) is 0 Å². The Kier molecular flexibility index (Phi) is 9.31. The number of carbonyl (C=O) groups is 2. The molecule has 5 N–H and O–H groups in total. The highest BCUT2D eigenvalue weighted by Crippen LogP contribution is 2.08. The molecule has 6 nitrogen and oxygen atoms in total. The maximum absolute atomic E-state index is 12.0. The topological polar surface area (TPSA) is 96.2 Å². The van der Waals surface area contributed by atoms with E-state index >= 15 is 0 Å². The van der Waals surface area contributed by atoms with Crippen molar-refractivity contribution in [1.82, 2.24) is 10.6 Å². The van der Waals surface area contributed by atoms with E-state index in [1.165, 1.54) is 0 Å². The van der Waals surface area contributed by atoms with Gasteiger partial charge in [0.05, 0.1) is 5.70 Å². The molecule has 0 radical (unpaired) electrons. The van der Waals surface area contributed by atoms with Crippen molar-refractivity contribution in [1.29, 1.82) is 0 Å². The summed E-state index contributed by atoms with van der Waals surface area (Å²) in [5.41, 5.74) is 7.95. The van der Waals surface area contributed by atoms with Gasteiger partial charge in [-0.15, -0.1) is 0 Å². The molecule has 0 unspecified atom stereocenters. The maximum atomic E-state index is 12.0. The van der Waals surface area contributed by atoms with Crippen LogP contribution in [0.5, 0.6) is 0 Å². The second-order valence-corrected chi connectivity index (χ2v) is 5.78. The Balaban J connectivity index is 2.21. The molecule has 140 valence electrons. The van der Waals surface area contributed by atoms with Gasteiger partial charge in [-0.25, -0.2) is 0 Å². The number of nitrogens with one attached hydrogen (secondary N) is 3. The molecule has 1 rings (SSSR count). The molecule has 0 spiro atoms. The Morgan fingerprint density at radius 1 is 1.15 bits per heavy atom. The van der Waals surface area contributed by atoms with Crippen LogP contribution >= 0.6 is 0 Å². The molecule has 2 amide bonds. The number of amides is 2. The summed E-state index contributed by atoms with van der Waals surface area (Å²) in [4.78, 5) is 23.9. The molecule has 0 saturated carbocycles. The molecule has 0 fully saturated rings. The summed E-state index contributed by atoms with van der Waals surface area (Å²) in [7, 11) is 1.83. The lowest BCUT2D eigenvalue weighted by atomic mass is 10.1. The average molecular weight is 356 g/mol. The first-order valence-electron chi connectivity index (χ1n) is 8.61. The first-order chi connectivity index (χ1) is 12.5. The molecule has 0 saturated heterocycles. The van der Waals surface area contributed by atoms with Crippen LogP contribution in [0.3, 0.4) is 0 Å². The minimum Gasteiger partial charge on any atom is -0.398 e. The van der Waals surface area contributed by atoms with Gasteiger partial charge in [-0.3, -0.25) is 9.59 Å². The summed E-state index contributed by atoms with van der Waals surface area (Å²) in [6.45, 7) is 7.75. The fourth-order valence-corrected chi connectivity index (χ4v) is 2.24. The van der Waals surface area contributed by atoms with Crippen LogP contribution in [-0.4, -0.2) is 25.4 Å². The predicted octanol–water partition coefficient (Wildman–Crippen LogP) is 2.68. The fourth-order valence-electron chi connectivity index (χ4n) is 2.24. The summed E-state index contributed by atoms with van der Waals surface area (Å²) in [6.07, 6.45) is 5.93. The van der Waals surface area contributed by atoms with Gasteiger partial charge in [0.15, 0.2) is 0 Å². The maximum Gasteiger partial charge on any atom is 0.251 e. The van der Waals surface area contributed by atoms with Crippen molar-refractivity contribution in [3.05, 3.63) is 66.5 Å². The Morgan fingerprint density at radius 2 is 1.85 bits per heavy atom. The lowest BCUT2D eigenvalue weighted by Gasteiger charge is -2.09. The zero-order valence-corrected chi connectivity index (χ0v) is 15.3. The van der Waals surface area contributed by atoms with Crippen LogP contribution < -0.4 is 21.7 Å². The van der Waals surface area contributed by atoms with Crippen LogP contribution in [0.4, 0.5) is 5.69 Å². The third kappa shape index (κ3) is 7.70. The SMILES string of the molecule is C=C/C=C(/NC(=O)CCCCCNC(=O)c1ccc(NC)cc1)C(=C)N. The third-order valence-corrected chi connectivity index (χ3v) is 3.71. The number of carbonyl (C=O) groups excluding carboxylic acids is 2. The summed E-state index contributed by atoms with van der Waals surface area (Å²) in [5, 5.41) is 8.60. The molecule has 6 heteroatoms. The Labute approximate surface area is 155 Å². The number of allylic oxidation sites excluding steroid dienone is 2. The van der Waals surface area contributed by atoms with Crippen molar-refractivity contribution >= 4 is 17.5 Å². The van der Waals surface area contributed by atoms with Gasteiger partial charge in [-0.05, 0) is 43.2 Å². The number of benzene rings is 1. The molecule has 0 aliphatic heterocycles. The number of nitrogens with two attached hydrogens (primary N) is 1. The monoisotopic (exact) mass is 356 g/mol. The molecule has 1 aromatic carbocycles. The van der Waals surface area contributed by atoms with E-state index in [0.29, 0.717) is 29.9 Å². The standard InChI is InChI=1S/C20H28N4O2/c1-4-8-18(15(2)21)24-19(25)9-6-5-7-14-23-20(26)16-10-12-17(22-3)13-11-16/h4,8,10-13,22H,1-2,5-7,9,14,21H2,3H3,(H,23,26)(H,24,25)/b18-8+. The molecule has 0 atom stereocenters. The molecule has 0 aliphatic carbocycles. The van der Waals surface area contributed by atoms with Crippen molar-refractivity contribution in [2.75, 3.05) is 18.9 Å². The van der Waals surface area contributed by atoms with Gasteiger partial charge in [0.1, 0.15) is 0 Å². The van der Waals surface area contributed by atoms with E-state index in [2.05, 4.69) is 29.1 Å². The molecule has 0 aromatic heterocycles. The highest BCUT2D eigenvalue weighted by atomic mass is 16.2. The van der Waals surface area contributed by atoms with Crippen LogP contribution in [0, 0.1) is 0 Å². The number of anilines is 1. The van der Waals surface area contributed by atoms with Crippen LogP contribution in [-0.2, 0) is 4.79 Å². The molecule has 0 heterocycles. The van der Waals surface area contributed by atoms with Crippen molar-refractivity contribution in [3.8, 4) is 0 Å². The third-order valence-electron chi connectivity index (χ3n) is 3.71. The Bertz CT molecular complexity index is 663. The molecular weight excluding hydrogens is 328 g/mol. The van der Waals surface area contributed by atoms with Gasteiger partial charge in [-0.2, -0.15) is 0 Å². The van der Waals surface area contributed by atoms with Gasteiger partial charge in [0.25, 0.3) is 5.91 Å². The minimum absolute atomic E-state index is 0.0916. The zero-order chi connectivity index (χ0) is 19.4. The average Bonchev–Trinajstić information content (AvgIpc) is 2.64. The molecule has 0 aliphatic rings. The van der Waals surface area contributed by atoms with Crippen LogP contribution in [0.1, 0.15) is 36.0 Å². The van der Waals surface area contributed by atoms with Gasteiger partial charge in [-0.1, -0.05) is 25.7 Å². The number of rotatable bonds is 11. The summed E-state index contributed by atoms with van der Waals surface area (Å²) >= 11 is 0. The molecule has 1 aromatic rings. The molecule has 0 bridgehead atoms. The largest absolute Gasteiger partial charge is 0.398 e.